The van der Waals surface area contributed by atoms with Gasteiger partial charge in [-0.2, -0.15) is 13.2 Å². The van der Waals surface area contributed by atoms with E-state index in [0.29, 0.717) is 0 Å². The molecule has 2 aromatic rings. The van der Waals surface area contributed by atoms with Crippen LogP contribution in [0.5, 0.6) is 0 Å². The van der Waals surface area contributed by atoms with Gasteiger partial charge in [-0.25, -0.2) is 0 Å². The Hall–Kier alpha value is -2.78. The second-order valence-electron chi connectivity index (χ2n) is 7.96. The normalized spacial score (nSPS) is 12.8. The summed E-state index contributed by atoms with van der Waals surface area (Å²) in [6.45, 7) is 8.90. The molecule has 9 heteroatoms. The van der Waals surface area contributed by atoms with E-state index in [1.54, 1.807) is 13.8 Å². The average molecular weight is 434 g/mol. The third-order valence-electron chi connectivity index (χ3n) is 4.95. The summed E-state index contributed by atoms with van der Waals surface area (Å²) in [5.41, 5.74) is -0.596. The number of amides is 1. The van der Waals surface area contributed by atoms with Crippen LogP contribution in [0.1, 0.15) is 40.9 Å². The predicted molar refractivity (Wildman–Crippen MR) is 114 cm³/mol. The van der Waals surface area contributed by atoms with E-state index in [1.807, 2.05) is 31.2 Å². The second-order valence-corrected chi connectivity index (χ2v) is 7.96. The maximum atomic E-state index is 13.2. The summed E-state index contributed by atoms with van der Waals surface area (Å²) in [7, 11) is -1.73. The minimum absolute atomic E-state index is 0.218. The topological polar surface area (TPSA) is 81.6 Å². The Morgan fingerprint density at radius 1 is 1.10 bits per heavy atom. The van der Waals surface area contributed by atoms with Gasteiger partial charge in [-0.3, -0.25) is 4.79 Å². The number of aryl methyl sites for hydroxylation is 1. The van der Waals surface area contributed by atoms with Crippen molar-refractivity contribution in [3.63, 3.8) is 0 Å². The lowest BCUT2D eigenvalue weighted by molar-refractivity contribution is -0.137. The molecule has 4 N–H and O–H groups in total. The van der Waals surface area contributed by atoms with E-state index in [-0.39, 0.29) is 12.1 Å². The molecule has 5 nitrogen and oxygen atoms in total. The van der Waals surface area contributed by atoms with Crippen molar-refractivity contribution in [1.82, 2.24) is 10.6 Å². The number of rotatable bonds is 8. The third kappa shape index (κ3) is 6.60. The van der Waals surface area contributed by atoms with E-state index in [4.69, 9.17) is 0 Å². The van der Waals surface area contributed by atoms with Crippen molar-refractivity contribution in [1.29, 1.82) is 0 Å². The van der Waals surface area contributed by atoms with Crippen LogP contribution in [-0.4, -0.2) is 34.6 Å². The number of carbonyl (C=O) groups excluding carboxylic acids is 1. The highest BCUT2D eigenvalue weighted by molar-refractivity contribution is 6.43. The highest BCUT2D eigenvalue weighted by atomic mass is 19.4. The molecule has 0 bridgehead atoms. The minimum atomic E-state index is -4.67. The summed E-state index contributed by atoms with van der Waals surface area (Å²) in [5, 5.41) is 25.0. The van der Waals surface area contributed by atoms with Crippen LogP contribution < -0.4 is 10.6 Å². The summed E-state index contributed by atoms with van der Waals surface area (Å²) >= 11 is 0. The van der Waals surface area contributed by atoms with Crippen LogP contribution in [-0.2, 0) is 12.6 Å². The highest BCUT2D eigenvalue weighted by Gasteiger charge is 2.36. The zero-order valence-electron chi connectivity index (χ0n) is 17.6. The first kappa shape index (κ1) is 24.5. The Morgan fingerprint density at radius 2 is 1.68 bits per heavy atom. The number of hydrogen-bond donors (Lipinski definition) is 4. The van der Waals surface area contributed by atoms with Crippen LogP contribution in [0.3, 0.4) is 0 Å². The number of alkyl halides is 3. The minimum Gasteiger partial charge on any atom is -0.426 e. The molecular weight excluding hydrogens is 408 g/mol. The molecule has 0 aliphatic heterocycles. The molecule has 2 aromatic carbocycles. The Bertz CT molecular complexity index is 928. The largest absolute Gasteiger partial charge is 0.475 e. The standard InChI is InChI=1S/C22H26BF3N2O3/c1-14-9-11-16(12-10-14)13-19(23(30)31)27-15(2)21(3,4)28-20(29)17-7-5-6-8-18(17)22(24,25)26/h5-12,19,27,30-31H,2,13H2,1,3-4H3,(H,28,29)/t19-/m0/s1. The van der Waals surface area contributed by atoms with Gasteiger partial charge < -0.3 is 20.7 Å². The number of carbonyl (C=O) groups is 1. The second kappa shape index (κ2) is 9.57. The third-order valence-corrected chi connectivity index (χ3v) is 4.95. The first-order valence-electron chi connectivity index (χ1n) is 9.67. The van der Waals surface area contributed by atoms with Crippen LogP contribution in [0.15, 0.2) is 60.8 Å². The van der Waals surface area contributed by atoms with Crippen LogP contribution in [0.4, 0.5) is 13.2 Å². The van der Waals surface area contributed by atoms with Gasteiger partial charge in [0.2, 0.25) is 0 Å². The predicted octanol–water partition coefficient (Wildman–Crippen LogP) is 3.25. The molecule has 1 amide bonds. The smallest absolute Gasteiger partial charge is 0.426 e. The zero-order valence-corrected chi connectivity index (χ0v) is 17.6. The monoisotopic (exact) mass is 434 g/mol. The van der Waals surface area contributed by atoms with Gasteiger partial charge in [0, 0.05) is 5.70 Å². The molecule has 0 aliphatic rings. The fourth-order valence-corrected chi connectivity index (χ4v) is 2.97. The molecule has 166 valence electrons. The molecule has 0 heterocycles. The van der Waals surface area contributed by atoms with E-state index in [1.165, 1.54) is 12.1 Å². The Balaban J connectivity index is 2.14. The maximum absolute atomic E-state index is 13.2. The molecule has 31 heavy (non-hydrogen) atoms. The molecular formula is C22H26BF3N2O3. The molecule has 0 aliphatic carbocycles. The molecule has 0 unspecified atom stereocenters. The summed E-state index contributed by atoms with van der Waals surface area (Å²) in [4.78, 5) is 12.6. The number of halogens is 3. The molecule has 0 fully saturated rings. The van der Waals surface area contributed by atoms with Crippen molar-refractivity contribution < 1.29 is 28.0 Å². The molecule has 0 radical (unpaired) electrons. The average Bonchev–Trinajstić information content (AvgIpc) is 2.67. The first-order chi connectivity index (χ1) is 14.3. The fourth-order valence-electron chi connectivity index (χ4n) is 2.97. The quantitative estimate of drug-likeness (QED) is 0.481. The summed E-state index contributed by atoms with van der Waals surface area (Å²) < 4.78 is 39.7. The van der Waals surface area contributed by atoms with Crippen molar-refractivity contribution in [2.45, 2.75) is 44.8 Å². The van der Waals surface area contributed by atoms with Crippen molar-refractivity contribution >= 4 is 13.0 Å². The SMILES string of the molecule is C=C(N[C@@H](Cc1ccc(C)cc1)B(O)O)C(C)(C)NC(=O)c1ccccc1C(F)(F)F. The van der Waals surface area contributed by atoms with Crippen LogP contribution in [0, 0.1) is 6.92 Å². The summed E-state index contributed by atoms with van der Waals surface area (Å²) in [5.74, 6) is -1.76. The van der Waals surface area contributed by atoms with E-state index >= 15 is 0 Å². The zero-order chi connectivity index (χ0) is 23.4. The van der Waals surface area contributed by atoms with Gasteiger partial charge >= 0.3 is 13.3 Å². The lowest BCUT2D eigenvalue weighted by Crippen LogP contribution is -2.53. The van der Waals surface area contributed by atoms with Crippen LogP contribution in [0.25, 0.3) is 0 Å². The molecule has 0 spiro atoms. The molecule has 0 saturated heterocycles. The fraction of sp³-hybridized carbons (Fsp3) is 0.318. The van der Waals surface area contributed by atoms with Gasteiger partial charge in [0.25, 0.3) is 5.91 Å². The van der Waals surface area contributed by atoms with Crippen LogP contribution in [0.2, 0.25) is 0 Å². The summed E-state index contributed by atoms with van der Waals surface area (Å²) in [6, 6.07) is 12.0. The van der Waals surface area contributed by atoms with E-state index in [0.717, 1.165) is 23.3 Å². The Labute approximate surface area is 180 Å². The van der Waals surface area contributed by atoms with E-state index in [9.17, 15) is 28.0 Å². The first-order valence-corrected chi connectivity index (χ1v) is 9.67. The van der Waals surface area contributed by atoms with Gasteiger partial charge in [-0.05, 0) is 44.9 Å². The number of nitrogens with one attached hydrogen (secondary N) is 2. The lowest BCUT2D eigenvalue weighted by Gasteiger charge is -2.33. The molecule has 1 atom stereocenters. The van der Waals surface area contributed by atoms with Gasteiger partial charge in [0.05, 0.1) is 22.6 Å². The van der Waals surface area contributed by atoms with Gasteiger partial charge in [-0.1, -0.05) is 48.5 Å². The molecule has 0 aromatic heterocycles. The van der Waals surface area contributed by atoms with Gasteiger partial charge in [-0.15, -0.1) is 0 Å². The molecule has 0 saturated carbocycles. The highest BCUT2D eigenvalue weighted by Crippen LogP contribution is 2.32. The van der Waals surface area contributed by atoms with Gasteiger partial charge in [0.1, 0.15) is 0 Å². The van der Waals surface area contributed by atoms with Crippen molar-refractivity contribution in [2.75, 3.05) is 0 Å². The number of hydrogen-bond acceptors (Lipinski definition) is 4. The maximum Gasteiger partial charge on any atom is 0.475 e. The van der Waals surface area contributed by atoms with E-state index in [2.05, 4.69) is 17.2 Å². The van der Waals surface area contributed by atoms with Gasteiger partial charge in [0.15, 0.2) is 0 Å². The van der Waals surface area contributed by atoms with E-state index < -0.39 is 41.8 Å². The lowest BCUT2D eigenvalue weighted by atomic mass is 9.75. The van der Waals surface area contributed by atoms with Crippen molar-refractivity contribution in [2.24, 2.45) is 0 Å². The van der Waals surface area contributed by atoms with Crippen molar-refractivity contribution in [3.05, 3.63) is 83.1 Å². The number of benzene rings is 2. The Morgan fingerprint density at radius 3 is 2.23 bits per heavy atom. The Kier molecular flexibility index (Phi) is 7.56. The molecule has 2 rings (SSSR count). The van der Waals surface area contributed by atoms with Crippen LogP contribution >= 0.6 is 0 Å². The summed E-state index contributed by atoms with van der Waals surface area (Å²) in [6.07, 6.45) is -4.41. The van der Waals surface area contributed by atoms with Crippen molar-refractivity contribution in [3.8, 4) is 0 Å².